The van der Waals surface area contributed by atoms with Crippen LogP contribution in [-0.4, -0.2) is 31.6 Å². The minimum absolute atomic E-state index is 0.111. The number of nitrogens with one attached hydrogen (secondary N) is 2. The zero-order valence-electron chi connectivity index (χ0n) is 17.4. The van der Waals surface area contributed by atoms with Crippen LogP contribution in [0.1, 0.15) is 36.7 Å². The van der Waals surface area contributed by atoms with E-state index in [9.17, 15) is 9.59 Å². The van der Waals surface area contributed by atoms with Gasteiger partial charge in [0.2, 0.25) is 5.91 Å². The molecule has 0 spiro atoms. The highest BCUT2D eigenvalue weighted by Gasteiger charge is 2.24. The lowest BCUT2D eigenvalue weighted by Crippen LogP contribution is -2.49. The lowest BCUT2D eigenvalue weighted by atomic mass is 10.0. The van der Waals surface area contributed by atoms with Gasteiger partial charge < -0.3 is 20.1 Å². The minimum atomic E-state index is -0.701. The van der Waals surface area contributed by atoms with Crippen molar-refractivity contribution >= 4 is 35.0 Å². The highest BCUT2D eigenvalue weighted by Crippen LogP contribution is 2.36. The first-order valence-corrected chi connectivity index (χ1v) is 10.4. The molecule has 2 amide bonds. The van der Waals surface area contributed by atoms with Crippen molar-refractivity contribution in [3.8, 4) is 11.5 Å². The molecule has 0 saturated carbocycles. The zero-order valence-corrected chi connectivity index (χ0v) is 18.9. The second-order valence-electron chi connectivity index (χ2n) is 6.96. The molecule has 2 aromatic carbocycles. The van der Waals surface area contributed by atoms with Gasteiger partial charge in [-0.3, -0.25) is 9.59 Å². The summed E-state index contributed by atoms with van der Waals surface area (Å²) in [6.07, 6.45) is 0. The first-order valence-electron chi connectivity index (χ1n) is 9.60. The van der Waals surface area contributed by atoms with E-state index in [0.29, 0.717) is 33.7 Å². The second kappa shape index (κ2) is 11.1. The Bertz CT molecular complexity index is 885. The smallest absolute Gasteiger partial charge is 0.251 e. The van der Waals surface area contributed by atoms with Crippen LogP contribution in [0.2, 0.25) is 10.0 Å². The van der Waals surface area contributed by atoms with Crippen LogP contribution >= 0.6 is 23.2 Å². The van der Waals surface area contributed by atoms with Crippen molar-refractivity contribution in [1.82, 2.24) is 10.6 Å². The van der Waals surface area contributed by atoms with Crippen LogP contribution in [0, 0.1) is 5.92 Å². The molecule has 6 nitrogen and oxygen atoms in total. The van der Waals surface area contributed by atoms with E-state index in [2.05, 4.69) is 10.6 Å². The predicted molar refractivity (Wildman–Crippen MR) is 119 cm³/mol. The standard InChI is InChI=1S/C22H26Cl2N2O4/c1-5-30-20-17(24)10-14(11-18(20)29-4)12-25-22(28)19(13(2)3)26-21(27)15-6-8-16(23)9-7-15/h6-11,13,19H,5,12H2,1-4H3,(H,25,28)(H,26,27). The van der Waals surface area contributed by atoms with E-state index >= 15 is 0 Å². The third kappa shape index (κ3) is 6.28. The fourth-order valence-electron chi connectivity index (χ4n) is 2.82. The number of halogens is 2. The number of hydrogen-bond donors (Lipinski definition) is 2. The van der Waals surface area contributed by atoms with Gasteiger partial charge in [-0.05, 0) is 54.8 Å². The summed E-state index contributed by atoms with van der Waals surface area (Å²) in [6.45, 7) is 6.26. The lowest BCUT2D eigenvalue weighted by Gasteiger charge is -2.22. The molecule has 1 atom stereocenters. The predicted octanol–water partition coefficient (Wildman–Crippen LogP) is 4.47. The monoisotopic (exact) mass is 452 g/mol. The highest BCUT2D eigenvalue weighted by molar-refractivity contribution is 6.32. The molecule has 30 heavy (non-hydrogen) atoms. The van der Waals surface area contributed by atoms with Crippen molar-refractivity contribution < 1.29 is 19.1 Å². The van der Waals surface area contributed by atoms with E-state index in [1.54, 1.807) is 36.4 Å². The summed E-state index contributed by atoms with van der Waals surface area (Å²) in [6, 6.07) is 9.25. The number of benzene rings is 2. The quantitative estimate of drug-likeness (QED) is 0.588. The third-order valence-electron chi connectivity index (χ3n) is 4.39. The Kier molecular flexibility index (Phi) is 8.81. The fraction of sp³-hybridized carbons (Fsp3) is 0.364. The molecule has 0 heterocycles. The summed E-state index contributed by atoms with van der Waals surface area (Å²) in [4.78, 5) is 25.2. The molecule has 2 N–H and O–H groups in total. The molecule has 1 unspecified atom stereocenters. The highest BCUT2D eigenvalue weighted by atomic mass is 35.5. The molecule has 162 valence electrons. The maximum absolute atomic E-state index is 12.8. The van der Waals surface area contributed by atoms with E-state index in [1.807, 2.05) is 20.8 Å². The van der Waals surface area contributed by atoms with E-state index in [1.165, 1.54) is 7.11 Å². The molecule has 0 aliphatic rings. The number of methoxy groups -OCH3 is 1. The Morgan fingerprint density at radius 1 is 1.10 bits per heavy atom. The van der Waals surface area contributed by atoms with E-state index < -0.39 is 6.04 Å². The van der Waals surface area contributed by atoms with Gasteiger partial charge in [-0.25, -0.2) is 0 Å². The number of ether oxygens (including phenoxy) is 2. The molecular formula is C22H26Cl2N2O4. The number of carbonyl (C=O) groups is 2. The van der Waals surface area contributed by atoms with Crippen molar-refractivity contribution in [3.63, 3.8) is 0 Å². The van der Waals surface area contributed by atoms with Crippen molar-refractivity contribution in [2.45, 2.75) is 33.4 Å². The van der Waals surface area contributed by atoms with Crippen LogP contribution in [0.15, 0.2) is 36.4 Å². The van der Waals surface area contributed by atoms with Crippen molar-refractivity contribution in [1.29, 1.82) is 0 Å². The minimum Gasteiger partial charge on any atom is -0.493 e. The first-order chi connectivity index (χ1) is 14.3. The van der Waals surface area contributed by atoms with Gasteiger partial charge in [0, 0.05) is 17.1 Å². The molecule has 0 bridgehead atoms. The Hall–Kier alpha value is -2.44. The Morgan fingerprint density at radius 3 is 2.33 bits per heavy atom. The van der Waals surface area contributed by atoms with Gasteiger partial charge in [0.05, 0.1) is 18.7 Å². The van der Waals surface area contributed by atoms with Crippen molar-refractivity contribution in [2.24, 2.45) is 5.92 Å². The summed E-state index contributed by atoms with van der Waals surface area (Å²) >= 11 is 12.1. The van der Waals surface area contributed by atoms with E-state index in [0.717, 1.165) is 5.56 Å². The summed E-state index contributed by atoms with van der Waals surface area (Å²) in [7, 11) is 1.53. The maximum atomic E-state index is 12.8. The zero-order chi connectivity index (χ0) is 22.3. The van der Waals surface area contributed by atoms with Crippen LogP contribution in [0.5, 0.6) is 11.5 Å². The molecule has 8 heteroatoms. The maximum Gasteiger partial charge on any atom is 0.251 e. The van der Waals surface area contributed by atoms with Crippen LogP contribution in [0.25, 0.3) is 0 Å². The molecule has 0 saturated heterocycles. The summed E-state index contributed by atoms with van der Waals surface area (Å²) < 4.78 is 10.8. The average Bonchev–Trinajstić information content (AvgIpc) is 2.71. The molecular weight excluding hydrogens is 427 g/mol. The van der Waals surface area contributed by atoms with Crippen molar-refractivity contribution in [2.75, 3.05) is 13.7 Å². The number of hydrogen-bond acceptors (Lipinski definition) is 4. The summed E-state index contributed by atoms with van der Waals surface area (Å²) in [5, 5.41) is 6.57. The van der Waals surface area contributed by atoms with Gasteiger partial charge in [0.15, 0.2) is 11.5 Å². The topological polar surface area (TPSA) is 76.7 Å². The van der Waals surface area contributed by atoms with Gasteiger partial charge in [-0.2, -0.15) is 0 Å². The summed E-state index contributed by atoms with van der Waals surface area (Å²) in [5.74, 6) is 0.208. The Labute approximate surface area is 186 Å². The molecule has 0 radical (unpaired) electrons. The normalized spacial score (nSPS) is 11.7. The largest absolute Gasteiger partial charge is 0.493 e. The van der Waals surface area contributed by atoms with Gasteiger partial charge in [0.25, 0.3) is 5.91 Å². The summed E-state index contributed by atoms with van der Waals surface area (Å²) in [5.41, 5.74) is 1.18. The van der Waals surface area contributed by atoms with Crippen LogP contribution < -0.4 is 20.1 Å². The van der Waals surface area contributed by atoms with Crippen molar-refractivity contribution in [3.05, 3.63) is 57.6 Å². The van der Waals surface area contributed by atoms with Crippen LogP contribution in [0.3, 0.4) is 0 Å². The second-order valence-corrected chi connectivity index (χ2v) is 7.81. The van der Waals surface area contributed by atoms with E-state index in [4.69, 9.17) is 32.7 Å². The molecule has 2 aromatic rings. The van der Waals surface area contributed by atoms with E-state index in [-0.39, 0.29) is 24.3 Å². The van der Waals surface area contributed by atoms with Gasteiger partial charge in [-0.15, -0.1) is 0 Å². The third-order valence-corrected chi connectivity index (χ3v) is 4.92. The SMILES string of the molecule is CCOc1c(Cl)cc(CNC(=O)C(NC(=O)c2ccc(Cl)cc2)C(C)C)cc1OC. The first kappa shape index (κ1) is 23.8. The molecule has 0 aromatic heterocycles. The molecule has 2 rings (SSSR count). The lowest BCUT2D eigenvalue weighted by molar-refractivity contribution is -0.124. The van der Waals surface area contributed by atoms with Crippen LogP contribution in [-0.2, 0) is 11.3 Å². The van der Waals surface area contributed by atoms with Crippen LogP contribution in [0.4, 0.5) is 0 Å². The molecule has 0 aliphatic carbocycles. The Morgan fingerprint density at radius 2 is 1.77 bits per heavy atom. The fourth-order valence-corrected chi connectivity index (χ4v) is 3.23. The molecule has 0 aliphatic heterocycles. The van der Waals surface area contributed by atoms with Gasteiger partial charge >= 0.3 is 0 Å². The number of amides is 2. The number of rotatable bonds is 9. The molecule has 0 fully saturated rings. The van der Waals surface area contributed by atoms with Gasteiger partial charge in [0.1, 0.15) is 6.04 Å². The average molecular weight is 453 g/mol. The Balaban J connectivity index is 2.07. The van der Waals surface area contributed by atoms with Gasteiger partial charge in [-0.1, -0.05) is 37.0 Å². The number of carbonyl (C=O) groups excluding carboxylic acids is 2.